The molecule has 0 saturated carbocycles. The Labute approximate surface area is 243 Å². The Morgan fingerprint density at radius 3 is 1.86 bits per heavy atom. The minimum Gasteiger partial charge on any atom is -0.497 e. The molecule has 4 aromatic carbocycles. The van der Waals surface area contributed by atoms with Gasteiger partial charge in [0.15, 0.2) is 6.61 Å². The van der Waals surface area contributed by atoms with Gasteiger partial charge in [0, 0.05) is 59.8 Å². The van der Waals surface area contributed by atoms with E-state index in [0.29, 0.717) is 11.8 Å². The quantitative estimate of drug-likeness (QED) is 0.195. The van der Waals surface area contributed by atoms with E-state index >= 15 is 0 Å². The second-order valence-corrected chi connectivity index (χ2v) is 10.4. The number of methoxy groups -OCH3 is 1. The standard InChI is InChI=1S/C35H30N4O3/c1-38-20-29(27-8-4-6-10-31(27)38)34(30-21-39(2)32-11-7-5-9-28(30)32)23-12-18-26(19-13-23)41-22-33-36-37-35(42-33)24-14-16-25(40-3)17-15-24/h4-21,34H,22H2,1-3H3. The normalized spacial score (nSPS) is 11.5. The summed E-state index contributed by atoms with van der Waals surface area (Å²) in [4.78, 5) is 0. The number of aryl methyl sites for hydroxylation is 2. The number of rotatable bonds is 8. The molecule has 0 amide bonds. The number of ether oxygens (including phenoxy) is 2. The van der Waals surface area contributed by atoms with Gasteiger partial charge in [-0.1, -0.05) is 48.5 Å². The maximum absolute atomic E-state index is 6.05. The molecular formula is C35H30N4O3. The van der Waals surface area contributed by atoms with Crippen LogP contribution in [0.2, 0.25) is 0 Å². The lowest BCUT2D eigenvalue weighted by atomic mass is 9.85. The van der Waals surface area contributed by atoms with Crippen LogP contribution >= 0.6 is 0 Å². The summed E-state index contributed by atoms with van der Waals surface area (Å²) in [6.07, 6.45) is 4.52. The molecule has 0 radical (unpaired) electrons. The van der Waals surface area contributed by atoms with Gasteiger partial charge in [0.25, 0.3) is 5.89 Å². The zero-order valence-electron chi connectivity index (χ0n) is 23.7. The minimum atomic E-state index is 0.0410. The fourth-order valence-corrected chi connectivity index (χ4v) is 5.80. The van der Waals surface area contributed by atoms with Crippen LogP contribution in [0.15, 0.2) is 114 Å². The highest BCUT2D eigenvalue weighted by molar-refractivity contribution is 5.89. The first-order chi connectivity index (χ1) is 20.6. The Morgan fingerprint density at radius 2 is 1.26 bits per heavy atom. The third kappa shape index (κ3) is 4.59. The summed E-state index contributed by atoms with van der Waals surface area (Å²) in [5, 5.41) is 10.8. The molecule has 0 atom stereocenters. The third-order valence-electron chi connectivity index (χ3n) is 7.86. The van der Waals surface area contributed by atoms with Crippen molar-refractivity contribution in [1.29, 1.82) is 0 Å². The number of hydrogen-bond acceptors (Lipinski definition) is 5. The average Bonchev–Trinajstić information content (AvgIpc) is 3.74. The molecule has 208 valence electrons. The molecule has 0 N–H and O–H groups in total. The van der Waals surface area contributed by atoms with E-state index < -0.39 is 0 Å². The van der Waals surface area contributed by atoms with Crippen molar-refractivity contribution in [2.24, 2.45) is 14.1 Å². The van der Waals surface area contributed by atoms with Crippen molar-refractivity contribution < 1.29 is 13.9 Å². The summed E-state index contributed by atoms with van der Waals surface area (Å²) in [5.74, 6) is 2.40. The summed E-state index contributed by atoms with van der Waals surface area (Å²) in [6, 6.07) is 33.0. The van der Waals surface area contributed by atoms with E-state index in [4.69, 9.17) is 13.9 Å². The predicted molar refractivity (Wildman–Crippen MR) is 164 cm³/mol. The maximum atomic E-state index is 6.05. The smallest absolute Gasteiger partial charge is 0.254 e. The van der Waals surface area contributed by atoms with Gasteiger partial charge in [0.2, 0.25) is 5.89 Å². The van der Waals surface area contributed by atoms with E-state index in [2.05, 4.69) is 106 Å². The summed E-state index contributed by atoms with van der Waals surface area (Å²) in [7, 11) is 5.86. The van der Waals surface area contributed by atoms with Gasteiger partial charge in [-0.05, 0) is 65.2 Å². The van der Waals surface area contributed by atoms with Crippen molar-refractivity contribution in [3.8, 4) is 23.0 Å². The summed E-state index contributed by atoms with van der Waals surface area (Å²) >= 11 is 0. The molecule has 0 fully saturated rings. The molecule has 7 rings (SSSR count). The Kier molecular flexibility index (Phi) is 6.47. The van der Waals surface area contributed by atoms with Gasteiger partial charge in [-0.25, -0.2) is 0 Å². The number of aromatic nitrogens is 4. The highest BCUT2D eigenvalue weighted by Gasteiger charge is 2.24. The molecule has 3 heterocycles. The second kappa shape index (κ2) is 10.6. The number of hydrogen-bond donors (Lipinski definition) is 0. The van der Waals surface area contributed by atoms with Crippen molar-refractivity contribution >= 4 is 21.8 Å². The molecule has 0 aliphatic rings. The molecule has 0 unspecified atom stereocenters. The van der Waals surface area contributed by atoms with Crippen LogP contribution in [0.5, 0.6) is 11.5 Å². The molecule has 0 aliphatic carbocycles. The van der Waals surface area contributed by atoms with Crippen molar-refractivity contribution in [2.45, 2.75) is 12.5 Å². The summed E-state index contributed by atoms with van der Waals surface area (Å²) < 4.78 is 21.5. The fraction of sp³-hybridized carbons (Fsp3) is 0.143. The lowest BCUT2D eigenvalue weighted by molar-refractivity contribution is 0.264. The van der Waals surface area contributed by atoms with Crippen LogP contribution in [0.25, 0.3) is 33.3 Å². The van der Waals surface area contributed by atoms with E-state index in [1.807, 2.05) is 36.4 Å². The summed E-state index contributed by atoms with van der Waals surface area (Å²) in [6.45, 7) is 0.179. The van der Waals surface area contributed by atoms with Crippen LogP contribution < -0.4 is 9.47 Å². The van der Waals surface area contributed by atoms with Crippen LogP contribution in [0.4, 0.5) is 0 Å². The third-order valence-corrected chi connectivity index (χ3v) is 7.86. The van der Waals surface area contributed by atoms with Gasteiger partial charge in [0.05, 0.1) is 7.11 Å². The van der Waals surface area contributed by atoms with Gasteiger partial charge in [-0.2, -0.15) is 0 Å². The number of benzene rings is 4. The molecule has 0 bridgehead atoms. The Bertz CT molecular complexity index is 1920. The number of fused-ring (bicyclic) bond motifs is 2. The van der Waals surface area contributed by atoms with Gasteiger partial charge in [-0.3, -0.25) is 0 Å². The monoisotopic (exact) mass is 554 g/mol. The van der Waals surface area contributed by atoms with Gasteiger partial charge in [0.1, 0.15) is 11.5 Å². The lowest BCUT2D eigenvalue weighted by Crippen LogP contribution is -2.03. The number of nitrogens with zero attached hydrogens (tertiary/aromatic N) is 4. The molecule has 7 aromatic rings. The molecule has 0 aliphatic heterocycles. The zero-order valence-corrected chi connectivity index (χ0v) is 23.7. The van der Waals surface area contributed by atoms with E-state index in [1.54, 1.807) is 7.11 Å². The van der Waals surface area contributed by atoms with Crippen molar-refractivity contribution in [1.82, 2.24) is 19.3 Å². The minimum absolute atomic E-state index is 0.0410. The van der Waals surface area contributed by atoms with Crippen LogP contribution in [-0.4, -0.2) is 26.4 Å². The van der Waals surface area contributed by atoms with Gasteiger partial charge < -0.3 is 23.0 Å². The van der Waals surface area contributed by atoms with Crippen LogP contribution in [0.1, 0.15) is 28.5 Å². The molecule has 0 saturated heterocycles. The topological polar surface area (TPSA) is 67.2 Å². The molecule has 42 heavy (non-hydrogen) atoms. The molecule has 7 heteroatoms. The van der Waals surface area contributed by atoms with Crippen LogP contribution in [0, 0.1) is 0 Å². The Balaban J connectivity index is 1.19. The Morgan fingerprint density at radius 1 is 0.690 bits per heavy atom. The fourth-order valence-electron chi connectivity index (χ4n) is 5.80. The van der Waals surface area contributed by atoms with E-state index in [1.165, 1.54) is 38.5 Å². The Hall–Kier alpha value is -5.30. The molecule has 0 spiro atoms. The van der Waals surface area contributed by atoms with Crippen molar-refractivity contribution in [3.05, 3.63) is 132 Å². The largest absolute Gasteiger partial charge is 0.497 e. The zero-order chi connectivity index (χ0) is 28.6. The van der Waals surface area contributed by atoms with E-state index in [-0.39, 0.29) is 12.5 Å². The van der Waals surface area contributed by atoms with Crippen LogP contribution in [0.3, 0.4) is 0 Å². The first-order valence-corrected chi connectivity index (χ1v) is 13.9. The number of para-hydroxylation sites is 2. The van der Waals surface area contributed by atoms with E-state index in [0.717, 1.165) is 17.1 Å². The first-order valence-electron chi connectivity index (χ1n) is 13.9. The van der Waals surface area contributed by atoms with Gasteiger partial charge >= 0.3 is 0 Å². The first kappa shape index (κ1) is 25.7. The van der Waals surface area contributed by atoms with Crippen molar-refractivity contribution in [2.75, 3.05) is 7.11 Å². The summed E-state index contributed by atoms with van der Waals surface area (Å²) in [5.41, 5.74) is 6.99. The second-order valence-electron chi connectivity index (χ2n) is 10.4. The predicted octanol–water partition coefficient (Wildman–Crippen LogP) is 7.49. The highest BCUT2D eigenvalue weighted by Crippen LogP contribution is 2.41. The highest BCUT2D eigenvalue weighted by atomic mass is 16.5. The lowest BCUT2D eigenvalue weighted by Gasteiger charge is -2.18. The average molecular weight is 555 g/mol. The SMILES string of the molecule is COc1ccc(-c2nnc(COc3ccc(C(c4cn(C)c5ccccc45)c4cn(C)c5ccccc45)cc3)o2)cc1. The molecule has 3 aromatic heterocycles. The molecule has 7 nitrogen and oxygen atoms in total. The van der Waals surface area contributed by atoms with Gasteiger partial charge in [-0.15, -0.1) is 10.2 Å². The van der Waals surface area contributed by atoms with E-state index in [9.17, 15) is 0 Å². The van der Waals surface area contributed by atoms with Crippen molar-refractivity contribution in [3.63, 3.8) is 0 Å². The molecular weight excluding hydrogens is 524 g/mol. The maximum Gasteiger partial charge on any atom is 0.254 e. The van der Waals surface area contributed by atoms with Crippen LogP contribution in [-0.2, 0) is 20.7 Å².